The van der Waals surface area contributed by atoms with Crippen molar-refractivity contribution >= 4 is 0 Å². The molecule has 1 aliphatic rings. The molecule has 1 fully saturated rings. The molecular weight excluding hydrogens is 162 g/mol. The third kappa shape index (κ3) is 3.25. The highest BCUT2D eigenvalue weighted by molar-refractivity contribution is 4.82. The van der Waals surface area contributed by atoms with Gasteiger partial charge in [-0.25, -0.2) is 0 Å². The summed E-state index contributed by atoms with van der Waals surface area (Å²) < 4.78 is 0. The molecule has 0 aliphatic carbocycles. The third-order valence-electron chi connectivity index (χ3n) is 3.00. The fourth-order valence-corrected chi connectivity index (χ4v) is 1.82. The monoisotopic (exact) mass is 185 g/mol. The molecule has 0 aromatic rings. The Hall–Kier alpha value is -0.120. The van der Waals surface area contributed by atoms with Gasteiger partial charge in [0, 0.05) is 25.2 Å². The van der Waals surface area contributed by atoms with Gasteiger partial charge in [-0.05, 0) is 41.0 Å². The van der Waals surface area contributed by atoms with Gasteiger partial charge in [0.15, 0.2) is 0 Å². The number of hydrogen-bond acceptors (Lipinski definition) is 3. The van der Waals surface area contributed by atoms with E-state index in [0.29, 0.717) is 12.1 Å². The Morgan fingerprint density at radius 1 is 1.38 bits per heavy atom. The van der Waals surface area contributed by atoms with Crippen molar-refractivity contribution in [2.75, 3.05) is 40.8 Å². The number of hydrogen-bond donors (Lipinski definition) is 1. The maximum atomic E-state index is 3.48. The predicted molar refractivity (Wildman–Crippen MR) is 57.1 cm³/mol. The number of nitrogens with one attached hydrogen (secondary N) is 1. The highest BCUT2D eigenvalue weighted by Gasteiger charge is 2.23. The van der Waals surface area contributed by atoms with E-state index < -0.39 is 0 Å². The lowest BCUT2D eigenvalue weighted by Crippen LogP contribution is -2.54. The minimum absolute atomic E-state index is 0.681. The minimum atomic E-state index is 0.681. The van der Waals surface area contributed by atoms with Crippen LogP contribution in [-0.4, -0.2) is 62.7 Å². The summed E-state index contributed by atoms with van der Waals surface area (Å²) in [6.07, 6.45) is 1.26. The van der Waals surface area contributed by atoms with Crippen LogP contribution in [0.2, 0.25) is 0 Å². The second kappa shape index (κ2) is 4.94. The molecular formula is C10H23N3. The maximum absolute atomic E-state index is 3.48. The lowest BCUT2D eigenvalue weighted by atomic mass is 10.1. The van der Waals surface area contributed by atoms with Gasteiger partial charge < -0.3 is 10.2 Å². The third-order valence-corrected chi connectivity index (χ3v) is 3.00. The maximum Gasteiger partial charge on any atom is 0.0233 e. The van der Waals surface area contributed by atoms with Gasteiger partial charge in [-0.15, -0.1) is 0 Å². The van der Waals surface area contributed by atoms with E-state index in [-0.39, 0.29) is 0 Å². The molecule has 2 atom stereocenters. The Kier molecular flexibility index (Phi) is 4.16. The standard InChI is InChI=1S/C10H23N3/c1-9-7-11-8-10(13(9)4)5-6-12(2)3/h9-11H,5-8H2,1-4H3. The van der Waals surface area contributed by atoms with E-state index in [4.69, 9.17) is 0 Å². The molecule has 1 heterocycles. The summed E-state index contributed by atoms with van der Waals surface area (Å²) in [5.74, 6) is 0. The molecule has 1 saturated heterocycles. The second-order valence-electron chi connectivity index (χ2n) is 4.42. The molecule has 78 valence electrons. The molecule has 0 saturated carbocycles. The van der Waals surface area contributed by atoms with Gasteiger partial charge in [0.05, 0.1) is 0 Å². The average molecular weight is 185 g/mol. The lowest BCUT2D eigenvalue weighted by molar-refractivity contribution is 0.126. The van der Waals surface area contributed by atoms with E-state index in [2.05, 4.69) is 43.2 Å². The summed E-state index contributed by atoms with van der Waals surface area (Å²) in [7, 11) is 6.52. The van der Waals surface area contributed by atoms with Crippen molar-refractivity contribution in [2.45, 2.75) is 25.4 Å². The first-order valence-corrected chi connectivity index (χ1v) is 5.18. The largest absolute Gasteiger partial charge is 0.314 e. The topological polar surface area (TPSA) is 18.5 Å². The van der Waals surface area contributed by atoms with Crippen molar-refractivity contribution < 1.29 is 0 Å². The second-order valence-corrected chi connectivity index (χ2v) is 4.42. The van der Waals surface area contributed by atoms with Crippen molar-refractivity contribution in [1.82, 2.24) is 15.1 Å². The van der Waals surface area contributed by atoms with Crippen LogP contribution in [-0.2, 0) is 0 Å². The Morgan fingerprint density at radius 3 is 2.69 bits per heavy atom. The zero-order valence-corrected chi connectivity index (χ0v) is 9.38. The summed E-state index contributed by atoms with van der Waals surface area (Å²) in [6.45, 7) is 5.75. The Balaban J connectivity index is 2.31. The number of rotatable bonds is 3. The quantitative estimate of drug-likeness (QED) is 0.679. The normalized spacial score (nSPS) is 31.2. The summed E-state index contributed by atoms with van der Waals surface area (Å²) in [4.78, 5) is 4.76. The van der Waals surface area contributed by atoms with Gasteiger partial charge in [0.25, 0.3) is 0 Å². The molecule has 0 aromatic heterocycles. The molecule has 0 radical (unpaired) electrons. The number of piperazine rings is 1. The molecule has 3 heteroatoms. The molecule has 1 rings (SSSR count). The van der Waals surface area contributed by atoms with Crippen molar-refractivity contribution in [3.63, 3.8) is 0 Å². The number of likely N-dealkylation sites (N-methyl/N-ethyl adjacent to an activating group) is 1. The zero-order chi connectivity index (χ0) is 9.84. The van der Waals surface area contributed by atoms with Crippen LogP contribution in [0.5, 0.6) is 0 Å². The van der Waals surface area contributed by atoms with Gasteiger partial charge in [0.2, 0.25) is 0 Å². The Labute approximate surface area is 82.1 Å². The van der Waals surface area contributed by atoms with Crippen molar-refractivity contribution in [3.8, 4) is 0 Å². The van der Waals surface area contributed by atoms with Gasteiger partial charge in [0.1, 0.15) is 0 Å². The number of nitrogens with zero attached hydrogens (tertiary/aromatic N) is 2. The molecule has 0 aromatic carbocycles. The first kappa shape index (κ1) is 11.0. The summed E-state index contributed by atoms with van der Waals surface area (Å²) >= 11 is 0. The first-order valence-electron chi connectivity index (χ1n) is 5.18. The summed E-state index contributed by atoms with van der Waals surface area (Å²) in [5, 5.41) is 3.48. The van der Waals surface area contributed by atoms with Crippen LogP contribution in [0.3, 0.4) is 0 Å². The first-order chi connectivity index (χ1) is 6.11. The summed E-state index contributed by atoms with van der Waals surface area (Å²) in [6, 6.07) is 1.40. The van der Waals surface area contributed by atoms with Gasteiger partial charge in [-0.2, -0.15) is 0 Å². The van der Waals surface area contributed by atoms with E-state index in [1.165, 1.54) is 13.0 Å². The van der Waals surface area contributed by atoms with Crippen molar-refractivity contribution in [3.05, 3.63) is 0 Å². The molecule has 13 heavy (non-hydrogen) atoms. The van der Waals surface area contributed by atoms with Crippen LogP contribution >= 0.6 is 0 Å². The fraction of sp³-hybridized carbons (Fsp3) is 1.00. The van der Waals surface area contributed by atoms with Crippen LogP contribution in [0.15, 0.2) is 0 Å². The van der Waals surface area contributed by atoms with E-state index in [1.807, 2.05) is 0 Å². The summed E-state index contributed by atoms with van der Waals surface area (Å²) in [5.41, 5.74) is 0. The SMILES string of the molecule is CC1CNCC(CCN(C)C)N1C. The van der Waals surface area contributed by atoms with Crippen LogP contribution in [0, 0.1) is 0 Å². The van der Waals surface area contributed by atoms with Gasteiger partial charge in [-0.1, -0.05) is 0 Å². The van der Waals surface area contributed by atoms with Crippen LogP contribution in [0.4, 0.5) is 0 Å². The molecule has 1 aliphatic heterocycles. The van der Waals surface area contributed by atoms with Crippen LogP contribution < -0.4 is 5.32 Å². The molecule has 2 unspecified atom stereocenters. The molecule has 0 bridgehead atoms. The fourth-order valence-electron chi connectivity index (χ4n) is 1.82. The Bertz CT molecular complexity index is 147. The van der Waals surface area contributed by atoms with E-state index in [0.717, 1.165) is 13.1 Å². The molecule has 3 nitrogen and oxygen atoms in total. The highest BCUT2D eigenvalue weighted by atomic mass is 15.2. The van der Waals surface area contributed by atoms with Crippen molar-refractivity contribution in [2.24, 2.45) is 0 Å². The predicted octanol–water partition coefficient (Wildman–Crippen LogP) is 0.230. The molecule has 0 amide bonds. The zero-order valence-electron chi connectivity index (χ0n) is 9.38. The average Bonchev–Trinajstić information content (AvgIpc) is 2.07. The van der Waals surface area contributed by atoms with Gasteiger partial charge >= 0.3 is 0 Å². The molecule has 0 spiro atoms. The minimum Gasteiger partial charge on any atom is -0.314 e. The highest BCUT2D eigenvalue weighted by Crippen LogP contribution is 2.09. The Morgan fingerprint density at radius 2 is 2.08 bits per heavy atom. The molecule has 1 N–H and O–H groups in total. The van der Waals surface area contributed by atoms with Crippen molar-refractivity contribution in [1.29, 1.82) is 0 Å². The van der Waals surface area contributed by atoms with E-state index >= 15 is 0 Å². The van der Waals surface area contributed by atoms with Crippen LogP contribution in [0.1, 0.15) is 13.3 Å². The van der Waals surface area contributed by atoms with Crippen LogP contribution in [0.25, 0.3) is 0 Å². The van der Waals surface area contributed by atoms with E-state index in [1.54, 1.807) is 0 Å². The lowest BCUT2D eigenvalue weighted by Gasteiger charge is -2.38. The van der Waals surface area contributed by atoms with Gasteiger partial charge in [-0.3, -0.25) is 4.90 Å². The smallest absolute Gasteiger partial charge is 0.0233 e. The van der Waals surface area contributed by atoms with E-state index in [9.17, 15) is 0 Å².